The molecule has 1 aliphatic rings. The van der Waals surface area contributed by atoms with E-state index in [1.165, 1.54) is 10.9 Å². The first-order valence-corrected chi connectivity index (χ1v) is 8.27. The Kier molecular flexibility index (Phi) is 4.00. The lowest BCUT2D eigenvalue weighted by atomic mass is 10.0. The summed E-state index contributed by atoms with van der Waals surface area (Å²) in [6, 6.07) is 10.3. The van der Waals surface area contributed by atoms with Gasteiger partial charge in [0.25, 0.3) is 0 Å². The van der Waals surface area contributed by atoms with Crippen LogP contribution in [-0.2, 0) is 4.79 Å². The summed E-state index contributed by atoms with van der Waals surface area (Å²) in [6.45, 7) is 9.80. The fourth-order valence-corrected chi connectivity index (χ4v) is 3.15. The number of benzene rings is 1. The van der Waals surface area contributed by atoms with Crippen molar-refractivity contribution in [2.75, 3.05) is 18.0 Å². The number of para-hydroxylation sites is 1. The van der Waals surface area contributed by atoms with Crippen LogP contribution < -0.4 is 10.2 Å². The van der Waals surface area contributed by atoms with Crippen molar-refractivity contribution in [2.45, 2.75) is 39.7 Å². The number of fused-ring (bicyclic) bond motifs is 1. The average Bonchev–Trinajstić information content (AvgIpc) is 2.95. The van der Waals surface area contributed by atoms with Crippen molar-refractivity contribution in [1.29, 1.82) is 0 Å². The highest BCUT2D eigenvalue weighted by molar-refractivity contribution is 5.84. The van der Waals surface area contributed by atoms with Crippen LogP contribution in [0.1, 0.15) is 32.8 Å². The van der Waals surface area contributed by atoms with Gasteiger partial charge in [-0.1, -0.05) is 18.2 Å². The standard InChI is InChI=1S/C19H25N3O/c1-13-11-17(20-16-8-6-5-7-15(13)16)22-10-9-14(12-22)18(23)21-19(2,3)4/h5-8,11,14H,9-10,12H2,1-4H3,(H,21,23). The zero-order valence-electron chi connectivity index (χ0n) is 14.4. The molecule has 1 saturated heterocycles. The van der Waals surface area contributed by atoms with Crippen molar-refractivity contribution in [3.63, 3.8) is 0 Å². The Labute approximate surface area is 137 Å². The van der Waals surface area contributed by atoms with Gasteiger partial charge in [-0.05, 0) is 51.8 Å². The summed E-state index contributed by atoms with van der Waals surface area (Å²) < 4.78 is 0. The molecule has 3 rings (SSSR count). The van der Waals surface area contributed by atoms with Crippen molar-refractivity contribution in [2.24, 2.45) is 5.92 Å². The van der Waals surface area contributed by atoms with Crippen LogP contribution in [0.15, 0.2) is 30.3 Å². The Hall–Kier alpha value is -2.10. The van der Waals surface area contributed by atoms with Gasteiger partial charge >= 0.3 is 0 Å². The maximum atomic E-state index is 12.4. The molecule has 2 heterocycles. The van der Waals surface area contributed by atoms with E-state index in [1.807, 2.05) is 39.0 Å². The van der Waals surface area contributed by atoms with E-state index in [1.54, 1.807) is 0 Å². The van der Waals surface area contributed by atoms with Crippen LogP contribution in [0.3, 0.4) is 0 Å². The van der Waals surface area contributed by atoms with Gasteiger partial charge in [0, 0.05) is 24.0 Å². The molecule has 2 aromatic rings. The summed E-state index contributed by atoms with van der Waals surface area (Å²) in [5.41, 5.74) is 2.07. The number of carbonyl (C=O) groups is 1. The Morgan fingerprint density at radius 2 is 2.04 bits per heavy atom. The number of pyridine rings is 1. The molecule has 1 fully saturated rings. The first-order valence-electron chi connectivity index (χ1n) is 8.27. The van der Waals surface area contributed by atoms with E-state index in [2.05, 4.69) is 29.3 Å². The first kappa shape index (κ1) is 15.8. The molecule has 1 aromatic heterocycles. The summed E-state index contributed by atoms with van der Waals surface area (Å²) in [4.78, 5) is 19.4. The highest BCUT2D eigenvalue weighted by atomic mass is 16.2. The minimum Gasteiger partial charge on any atom is -0.356 e. The van der Waals surface area contributed by atoms with Crippen LogP contribution in [0.4, 0.5) is 5.82 Å². The van der Waals surface area contributed by atoms with E-state index in [0.29, 0.717) is 0 Å². The molecule has 4 heteroatoms. The number of amides is 1. The van der Waals surface area contributed by atoms with Gasteiger partial charge in [0.2, 0.25) is 5.91 Å². The number of carbonyl (C=O) groups excluding carboxylic acids is 1. The topological polar surface area (TPSA) is 45.2 Å². The second kappa shape index (κ2) is 5.84. The average molecular weight is 311 g/mol. The summed E-state index contributed by atoms with van der Waals surface area (Å²) in [7, 11) is 0. The molecule has 0 aliphatic carbocycles. The second-order valence-corrected chi connectivity index (χ2v) is 7.49. The maximum Gasteiger partial charge on any atom is 0.225 e. The molecular formula is C19H25N3O. The molecule has 4 nitrogen and oxygen atoms in total. The van der Waals surface area contributed by atoms with Gasteiger partial charge in [0.1, 0.15) is 5.82 Å². The zero-order chi connectivity index (χ0) is 16.6. The van der Waals surface area contributed by atoms with Gasteiger partial charge in [0.05, 0.1) is 11.4 Å². The Morgan fingerprint density at radius 3 is 2.78 bits per heavy atom. The predicted octanol–water partition coefficient (Wildman–Crippen LogP) is 3.28. The molecule has 23 heavy (non-hydrogen) atoms. The highest BCUT2D eigenvalue weighted by Crippen LogP contribution is 2.27. The lowest BCUT2D eigenvalue weighted by Crippen LogP contribution is -2.44. The molecule has 0 bridgehead atoms. The van der Waals surface area contributed by atoms with Crippen molar-refractivity contribution >= 4 is 22.6 Å². The van der Waals surface area contributed by atoms with Crippen molar-refractivity contribution in [3.05, 3.63) is 35.9 Å². The maximum absolute atomic E-state index is 12.4. The summed E-state index contributed by atoms with van der Waals surface area (Å²) in [5.74, 6) is 1.17. The third-order valence-corrected chi connectivity index (χ3v) is 4.29. The molecule has 0 spiro atoms. The third-order valence-electron chi connectivity index (χ3n) is 4.29. The predicted molar refractivity (Wildman–Crippen MR) is 94.7 cm³/mol. The summed E-state index contributed by atoms with van der Waals surface area (Å²) in [5, 5.41) is 4.28. The van der Waals surface area contributed by atoms with Crippen LogP contribution in [0, 0.1) is 12.8 Å². The lowest BCUT2D eigenvalue weighted by molar-refractivity contribution is -0.125. The van der Waals surface area contributed by atoms with E-state index in [9.17, 15) is 4.79 Å². The number of nitrogens with zero attached hydrogens (tertiary/aromatic N) is 2. The molecule has 1 amide bonds. The Morgan fingerprint density at radius 1 is 1.30 bits per heavy atom. The number of aryl methyl sites for hydroxylation is 1. The van der Waals surface area contributed by atoms with Gasteiger partial charge in [-0.3, -0.25) is 4.79 Å². The minimum atomic E-state index is -0.178. The SMILES string of the molecule is Cc1cc(N2CCC(C(=O)NC(C)(C)C)C2)nc2ccccc12. The van der Waals surface area contributed by atoms with Crippen LogP contribution in [0.2, 0.25) is 0 Å². The van der Waals surface area contributed by atoms with Gasteiger partial charge in [-0.15, -0.1) is 0 Å². The summed E-state index contributed by atoms with van der Waals surface area (Å²) >= 11 is 0. The fraction of sp³-hybridized carbons (Fsp3) is 0.474. The molecule has 1 unspecified atom stereocenters. The second-order valence-electron chi connectivity index (χ2n) is 7.49. The molecule has 0 saturated carbocycles. The van der Waals surface area contributed by atoms with Gasteiger partial charge in [0.15, 0.2) is 0 Å². The first-order chi connectivity index (χ1) is 10.8. The molecule has 1 aromatic carbocycles. The smallest absolute Gasteiger partial charge is 0.225 e. The van der Waals surface area contributed by atoms with Crippen LogP contribution in [0.5, 0.6) is 0 Å². The van der Waals surface area contributed by atoms with E-state index in [0.717, 1.165) is 30.8 Å². The van der Waals surface area contributed by atoms with Crippen LogP contribution in [0.25, 0.3) is 10.9 Å². The number of nitrogens with one attached hydrogen (secondary N) is 1. The van der Waals surface area contributed by atoms with Gasteiger partial charge in [-0.2, -0.15) is 0 Å². The molecule has 1 aliphatic heterocycles. The number of hydrogen-bond donors (Lipinski definition) is 1. The fourth-order valence-electron chi connectivity index (χ4n) is 3.15. The number of rotatable bonds is 2. The summed E-state index contributed by atoms with van der Waals surface area (Å²) in [6.07, 6.45) is 0.884. The van der Waals surface area contributed by atoms with Crippen molar-refractivity contribution in [1.82, 2.24) is 10.3 Å². The normalized spacial score (nSPS) is 18.4. The molecule has 122 valence electrons. The number of hydrogen-bond acceptors (Lipinski definition) is 3. The highest BCUT2D eigenvalue weighted by Gasteiger charge is 2.31. The van der Waals surface area contributed by atoms with E-state index in [4.69, 9.17) is 4.98 Å². The lowest BCUT2D eigenvalue weighted by Gasteiger charge is -2.23. The molecule has 1 N–H and O–H groups in total. The van der Waals surface area contributed by atoms with Crippen molar-refractivity contribution < 1.29 is 4.79 Å². The van der Waals surface area contributed by atoms with Crippen LogP contribution >= 0.6 is 0 Å². The molecular weight excluding hydrogens is 286 g/mol. The Balaban J connectivity index is 1.78. The van der Waals surface area contributed by atoms with Crippen LogP contribution in [-0.4, -0.2) is 29.5 Å². The quantitative estimate of drug-likeness (QED) is 0.925. The third kappa shape index (κ3) is 3.46. The van der Waals surface area contributed by atoms with E-state index in [-0.39, 0.29) is 17.4 Å². The van der Waals surface area contributed by atoms with E-state index < -0.39 is 0 Å². The monoisotopic (exact) mass is 311 g/mol. The molecule has 1 atom stereocenters. The van der Waals surface area contributed by atoms with Gasteiger partial charge in [-0.25, -0.2) is 4.98 Å². The van der Waals surface area contributed by atoms with Crippen molar-refractivity contribution in [3.8, 4) is 0 Å². The zero-order valence-corrected chi connectivity index (χ0v) is 14.4. The minimum absolute atomic E-state index is 0.0443. The Bertz CT molecular complexity index is 733. The number of aromatic nitrogens is 1. The number of anilines is 1. The van der Waals surface area contributed by atoms with E-state index >= 15 is 0 Å². The molecule has 0 radical (unpaired) electrons. The van der Waals surface area contributed by atoms with Gasteiger partial charge < -0.3 is 10.2 Å². The largest absolute Gasteiger partial charge is 0.356 e.